The first-order valence-electron chi connectivity index (χ1n) is 11.5. The van der Waals surface area contributed by atoms with Crippen molar-refractivity contribution in [2.24, 2.45) is 0 Å². The molecule has 0 saturated heterocycles. The van der Waals surface area contributed by atoms with Crippen LogP contribution in [0.2, 0.25) is 0 Å². The maximum atomic E-state index is 13.0. The Kier molecular flexibility index (Phi) is 5.40. The molecule has 0 bridgehead atoms. The number of hydrogen-bond acceptors (Lipinski definition) is 4. The normalized spacial score (nSPS) is 11.4. The Balaban J connectivity index is 1.43. The number of amides is 1. The Labute approximate surface area is 198 Å². The molecule has 0 aliphatic carbocycles. The summed E-state index contributed by atoms with van der Waals surface area (Å²) in [5.74, 6) is 0.452. The van der Waals surface area contributed by atoms with Crippen molar-refractivity contribution in [1.82, 2.24) is 24.3 Å². The predicted molar refractivity (Wildman–Crippen MR) is 136 cm³/mol. The number of carbonyl (C=O) groups excluding carboxylic acids is 1. The fourth-order valence-corrected chi connectivity index (χ4v) is 4.77. The van der Waals surface area contributed by atoms with Gasteiger partial charge in [-0.1, -0.05) is 18.2 Å². The molecule has 3 aromatic heterocycles. The van der Waals surface area contributed by atoms with E-state index in [0.717, 1.165) is 46.0 Å². The lowest BCUT2D eigenvalue weighted by molar-refractivity contribution is -0.115. The van der Waals surface area contributed by atoms with Crippen LogP contribution in [-0.4, -0.2) is 30.2 Å². The zero-order valence-corrected chi connectivity index (χ0v) is 20.2. The molecule has 172 valence electrons. The van der Waals surface area contributed by atoms with Crippen molar-refractivity contribution in [3.8, 4) is 5.95 Å². The number of aryl methyl sites for hydroxylation is 4. The van der Waals surface area contributed by atoms with Gasteiger partial charge in [-0.2, -0.15) is 5.10 Å². The third kappa shape index (κ3) is 3.73. The number of hydrogen-bond donors (Lipinski definition) is 1. The van der Waals surface area contributed by atoms with Gasteiger partial charge >= 0.3 is 0 Å². The van der Waals surface area contributed by atoms with Gasteiger partial charge in [0.15, 0.2) is 0 Å². The van der Waals surface area contributed by atoms with E-state index in [9.17, 15) is 4.79 Å². The standard InChI is InChI=1S/C27H28N6O/c1-6-32-24-10-8-7-9-21(24)23-14-20(11-12-25(23)32)30-26(34)15-22-18(4)31-33(19(22)5)27-28-16(2)13-17(3)29-27/h7-14H,6,15H2,1-5H3,(H,30,34). The summed E-state index contributed by atoms with van der Waals surface area (Å²) < 4.78 is 4.02. The highest BCUT2D eigenvalue weighted by Gasteiger charge is 2.18. The maximum Gasteiger partial charge on any atom is 0.251 e. The molecule has 7 nitrogen and oxygen atoms in total. The van der Waals surface area contributed by atoms with Crippen molar-refractivity contribution in [1.29, 1.82) is 0 Å². The zero-order valence-electron chi connectivity index (χ0n) is 20.2. The van der Waals surface area contributed by atoms with E-state index in [1.165, 1.54) is 16.4 Å². The van der Waals surface area contributed by atoms with Gasteiger partial charge in [-0.15, -0.1) is 0 Å². The van der Waals surface area contributed by atoms with Crippen LogP contribution < -0.4 is 5.32 Å². The van der Waals surface area contributed by atoms with Gasteiger partial charge in [0.1, 0.15) is 0 Å². The van der Waals surface area contributed by atoms with E-state index >= 15 is 0 Å². The maximum absolute atomic E-state index is 13.0. The van der Waals surface area contributed by atoms with Crippen molar-refractivity contribution in [3.63, 3.8) is 0 Å². The second-order valence-corrected chi connectivity index (χ2v) is 8.73. The molecule has 0 atom stereocenters. The van der Waals surface area contributed by atoms with Gasteiger partial charge in [0.25, 0.3) is 5.95 Å². The van der Waals surface area contributed by atoms with Crippen LogP contribution in [0.3, 0.4) is 0 Å². The Bertz CT molecular complexity index is 1540. The average molecular weight is 453 g/mol. The molecule has 1 N–H and O–H groups in total. The molecule has 5 aromatic rings. The van der Waals surface area contributed by atoms with Crippen molar-refractivity contribution in [2.45, 2.75) is 47.6 Å². The summed E-state index contributed by atoms with van der Waals surface area (Å²) in [6.07, 6.45) is 0.233. The van der Waals surface area contributed by atoms with Crippen molar-refractivity contribution in [3.05, 3.63) is 76.9 Å². The number of anilines is 1. The van der Waals surface area contributed by atoms with Crippen LogP contribution in [0.25, 0.3) is 27.8 Å². The summed E-state index contributed by atoms with van der Waals surface area (Å²) in [7, 11) is 0. The number of carbonyl (C=O) groups is 1. The van der Waals surface area contributed by atoms with Crippen LogP contribution in [0.1, 0.15) is 35.3 Å². The SMILES string of the molecule is CCn1c2ccccc2c2cc(NC(=O)Cc3c(C)nn(-c4nc(C)cc(C)n4)c3C)ccc21. The predicted octanol–water partition coefficient (Wildman–Crippen LogP) is 5.20. The van der Waals surface area contributed by atoms with Gasteiger partial charge < -0.3 is 9.88 Å². The average Bonchev–Trinajstić information content (AvgIpc) is 3.27. The molecule has 0 aliphatic heterocycles. The van der Waals surface area contributed by atoms with Crippen LogP contribution in [-0.2, 0) is 17.8 Å². The largest absolute Gasteiger partial charge is 0.341 e. The third-order valence-corrected chi connectivity index (χ3v) is 6.31. The summed E-state index contributed by atoms with van der Waals surface area (Å²) in [5, 5.41) is 10.0. The van der Waals surface area contributed by atoms with Gasteiger partial charge in [0, 0.05) is 56.7 Å². The van der Waals surface area contributed by atoms with E-state index in [2.05, 4.69) is 68.3 Å². The van der Waals surface area contributed by atoms with E-state index in [-0.39, 0.29) is 12.3 Å². The van der Waals surface area contributed by atoms with E-state index < -0.39 is 0 Å². The molecule has 1 amide bonds. The lowest BCUT2D eigenvalue weighted by atomic mass is 10.1. The highest BCUT2D eigenvalue weighted by molar-refractivity contribution is 6.09. The Morgan fingerprint density at radius 3 is 2.35 bits per heavy atom. The second kappa shape index (κ2) is 8.41. The number of benzene rings is 2. The van der Waals surface area contributed by atoms with Gasteiger partial charge in [0.2, 0.25) is 5.91 Å². The second-order valence-electron chi connectivity index (χ2n) is 8.73. The number of aromatic nitrogens is 5. The first-order chi connectivity index (χ1) is 16.4. The molecule has 0 unspecified atom stereocenters. The molecule has 34 heavy (non-hydrogen) atoms. The molecule has 0 saturated carbocycles. The van der Waals surface area contributed by atoms with Gasteiger partial charge in [0.05, 0.1) is 12.1 Å². The van der Waals surface area contributed by atoms with Crippen molar-refractivity contribution >= 4 is 33.4 Å². The summed E-state index contributed by atoms with van der Waals surface area (Å²) in [6.45, 7) is 10.8. The van der Waals surface area contributed by atoms with E-state index in [1.54, 1.807) is 4.68 Å². The number of nitrogens with zero attached hydrogens (tertiary/aromatic N) is 5. The van der Waals surface area contributed by atoms with Crippen LogP contribution in [0.5, 0.6) is 0 Å². The highest BCUT2D eigenvalue weighted by Crippen LogP contribution is 2.31. The van der Waals surface area contributed by atoms with Crippen LogP contribution >= 0.6 is 0 Å². The van der Waals surface area contributed by atoms with Crippen LogP contribution in [0, 0.1) is 27.7 Å². The quantitative estimate of drug-likeness (QED) is 0.397. The first kappa shape index (κ1) is 21.8. The lowest BCUT2D eigenvalue weighted by Crippen LogP contribution is -2.15. The molecule has 0 aliphatic rings. The van der Waals surface area contributed by atoms with Gasteiger partial charge in [-0.3, -0.25) is 4.79 Å². The van der Waals surface area contributed by atoms with Crippen LogP contribution in [0.4, 0.5) is 5.69 Å². The fourth-order valence-electron chi connectivity index (χ4n) is 4.77. The summed E-state index contributed by atoms with van der Waals surface area (Å²) >= 11 is 0. The molecular formula is C27H28N6O. The van der Waals surface area contributed by atoms with Crippen molar-refractivity contribution in [2.75, 3.05) is 5.32 Å². The monoisotopic (exact) mass is 452 g/mol. The summed E-state index contributed by atoms with van der Waals surface area (Å²) in [6, 6.07) is 16.4. The Morgan fingerprint density at radius 2 is 1.62 bits per heavy atom. The topological polar surface area (TPSA) is 77.6 Å². The minimum atomic E-state index is -0.0781. The Hall–Kier alpha value is -4.00. The molecule has 2 aromatic carbocycles. The summed E-state index contributed by atoms with van der Waals surface area (Å²) in [5.41, 5.74) is 7.50. The number of rotatable bonds is 5. The minimum Gasteiger partial charge on any atom is -0.341 e. The number of nitrogens with one attached hydrogen (secondary N) is 1. The van der Waals surface area contributed by atoms with Gasteiger partial charge in [-0.25, -0.2) is 14.6 Å². The van der Waals surface area contributed by atoms with E-state index in [4.69, 9.17) is 0 Å². The lowest BCUT2D eigenvalue weighted by Gasteiger charge is -2.08. The molecule has 0 radical (unpaired) electrons. The van der Waals surface area contributed by atoms with E-state index in [1.807, 2.05) is 39.8 Å². The smallest absolute Gasteiger partial charge is 0.251 e. The first-order valence-corrected chi connectivity index (χ1v) is 11.5. The minimum absolute atomic E-state index is 0.0781. The molecule has 5 rings (SSSR count). The Morgan fingerprint density at radius 1 is 0.912 bits per heavy atom. The van der Waals surface area contributed by atoms with Crippen molar-refractivity contribution < 1.29 is 4.79 Å². The number of fused-ring (bicyclic) bond motifs is 3. The molecule has 3 heterocycles. The van der Waals surface area contributed by atoms with Crippen LogP contribution in [0.15, 0.2) is 48.5 Å². The molecule has 0 spiro atoms. The van der Waals surface area contributed by atoms with Gasteiger partial charge in [-0.05, 0) is 65.0 Å². The molecule has 0 fully saturated rings. The molecule has 7 heteroatoms. The number of para-hydroxylation sites is 1. The highest BCUT2D eigenvalue weighted by atomic mass is 16.1. The summed E-state index contributed by atoms with van der Waals surface area (Å²) in [4.78, 5) is 22.0. The molecular weight excluding hydrogens is 424 g/mol. The zero-order chi connectivity index (χ0) is 24.0. The van der Waals surface area contributed by atoms with E-state index in [0.29, 0.717) is 5.95 Å². The third-order valence-electron chi connectivity index (χ3n) is 6.31. The fraction of sp³-hybridized carbons (Fsp3) is 0.259.